The summed E-state index contributed by atoms with van der Waals surface area (Å²) in [5, 5.41) is 8.85. The van der Waals surface area contributed by atoms with Gasteiger partial charge in [-0.25, -0.2) is 18.6 Å². The molecule has 0 unspecified atom stereocenters. The van der Waals surface area contributed by atoms with Gasteiger partial charge in [-0.3, -0.25) is 0 Å². The van der Waals surface area contributed by atoms with Gasteiger partial charge in [0.2, 0.25) is 0 Å². The van der Waals surface area contributed by atoms with Crippen molar-refractivity contribution in [1.29, 1.82) is 0 Å². The molecule has 0 amide bonds. The van der Waals surface area contributed by atoms with Gasteiger partial charge in [0.15, 0.2) is 5.13 Å². The molecule has 0 bridgehead atoms. The standard InChI is InChI=1S/C7H8F2N2O2S/c1-11(3-5(8)9)7-10-2-4(14-7)6(12)13/h2,5H,3H2,1H3,(H,12,13). The third-order valence-corrected chi connectivity index (χ3v) is 2.54. The summed E-state index contributed by atoms with van der Waals surface area (Å²) in [5.74, 6) is -1.10. The van der Waals surface area contributed by atoms with Crippen molar-refractivity contribution >= 4 is 22.4 Å². The predicted octanol–water partition coefficient (Wildman–Crippen LogP) is 1.54. The highest BCUT2D eigenvalue weighted by Crippen LogP contribution is 2.21. The zero-order chi connectivity index (χ0) is 10.7. The Bertz CT molecular complexity index is 329. The van der Waals surface area contributed by atoms with Crippen LogP contribution in [-0.2, 0) is 0 Å². The van der Waals surface area contributed by atoms with E-state index in [9.17, 15) is 13.6 Å². The predicted molar refractivity (Wildman–Crippen MR) is 48.3 cm³/mol. The number of aromatic nitrogens is 1. The minimum absolute atomic E-state index is 0.0427. The molecular weight excluding hydrogens is 214 g/mol. The van der Waals surface area contributed by atoms with Crippen LogP contribution in [0.15, 0.2) is 6.20 Å². The topological polar surface area (TPSA) is 53.4 Å². The number of hydrogen-bond donors (Lipinski definition) is 1. The average molecular weight is 222 g/mol. The molecule has 0 aliphatic rings. The van der Waals surface area contributed by atoms with Crippen molar-refractivity contribution in [3.63, 3.8) is 0 Å². The van der Waals surface area contributed by atoms with Gasteiger partial charge in [0, 0.05) is 7.05 Å². The minimum Gasteiger partial charge on any atom is -0.477 e. The minimum atomic E-state index is -2.46. The quantitative estimate of drug-likeness (QED) is 0.839. The maximum atomic E-state index is 12.0. The largest absolute Gasteiger partial charge is 0.477 e. The number of carbonyl (C=O) groups is 1. The first-order chi connectivity index (χ1) is 6.50. The Morgan fingerprint density at radius 2 is 2.43 bits per heavy atom. The fourth-order valence-corrected chi connectivity index (χ4v) is 1.55. The molecule has 78 valence electrons. The van der Waals surface area contributed by atoms with Gasteiger partial charge >= 0.3 is 5.97 Å². The van der Waals surface area contributed by atoms with E-state index in [2.05, 4.69) is 4.98 Å². The number of alkyl halides is 2. The van der Waals surface area contributed by atoms with E-state index < -0.39 is 18.9 Å². The van der Waals surface area contributed by atoms with E-state index in [1.807, 2.05) is 0 Å². The third kappa shape index (κ3) is 2.63. The Balaban J connectivity index is 2.71. The Kier molecular flexibility index (Phi) is 3.34. The second-order valence-electron chi connectivity index (χ2n) is 2.58. The number of rotatable bonds is 4. The van der Waals surface area contributed by atoms with Gasteiger partial charge in [0.25, 0.3) is 6.43 Å². The van der Waals surface area contributed by atoms with Gasteiger partial charge in [0.1, 0.15) is 4.88 Å². The molecule has 0 spiro atoms. The van der Waals surface area contributed by atoms with Crippen molar-refractivity contribution in [2.45, 2.75) is 6.43 Å². The maximum absolute atomic E-state index is 12.0. The number of carboxylic acid groups (broad SMARTS) is 1. The molecule has 0 atom stereocenters. The summed E-state index contributed by atoms with van der Waals surface area (Å²) in [6, 6.07) is 0. The number of thiazole rings is 1. The molecule has 1 N–H and O–H groups in total. The second kappa shape index (κ2) is 4.32. The number of nitrogens with zero attached hydrogens (tertiary/aromatic N) is 2. The van der Waals surface area contributed by atoms with Gasteiger partial charge in [-0.1, -0.05) is 11.3 Å². The molecule has 1 heterocycles. The summed E-state index contributed by atoms with van der Waals surface area (Å²) in [5.41, 5.74) is 0. The molecule has 0 aliphatic carbocycles. The first-order valence-electron chi connectivity index (χ1n) is 3.69. The van der Waals surface area contributed by atoms with Crippen LogP contribution in [0.25, 0.3) is 0 Å². The van der Waals surface area contributed by atoms with Gasteiger partial charge in [-0.2, -0.15) is 0 Å². The Labute approximate surface area is 82.8 Å². The molecule has 1 aromatic heterocycles. The SMILES string of the molecule is CN(CC(F)F)c1ncc(C(=O)O)s1. The molecule has 0 aromatic carbocycles. The van der Waals surface area contributed by atoms with Crippen LogP contribution in [0.1, 0.15) is 9.67 Å². The van der Waals surface area contributed by atoms with Gasteiger partial charge < -0.3 is 10.0 Å². The van der Waals surface area contributed by atoms with Crippen molar-refractivity contribution in [2.75, 3.05) is 18.5 Å². The molecule has 0 saturated carbocycles. The van der Waals surface area contributed by atoms with Crippen molar-refractivity contribution in [3.05, 3.63) is 11.1 Å². The van der Waals surface area contributed by atoms with Crippen LogP contribution in [0.2, 0.25) is 0 Å². The lowest BCUT2D eigenvalue weighted by atomic mass is 10.6. The van der Waals surface area contributed by atoms with Crippen LogP contribution in [0.4, 0.5) is 13.9 Å². The van der Waals surface area contributed by atoms with Crippen LogP contribution in [0.5, 0.6) is 0 Å². The van der Waals surface area contributed by atoms with E-state index in [0.717, 1.165) is 17.5 Å². The molecule has 1 aromatic rings. The highest BCUT2D eigenvalue weighted by molar-refractivity contribution is 7.17. The zero-order valence-corrected chi connectivity index (χ0v) is 8.09. The molecule has 0 radical (unpaired) electrons. The summed E-state index contributed by atoms with van der Waals surface area (Å²) in [7, 11) is 1.44. The fraction of sp³-hybridized carbons (Fsp3) is 0.429. The average Bonchev–Trinajstić information content (AvgIpc) is 2.50. The van der Waals surface area contributed by atoms with Crippen molar-refractivity contribution < 1.29 is 18.7 Å². The van der Waals surface area contributed by atoms with Crippen LogP contribution < -0.4 is 4.90 Å². The van der Waals surface area contributed by atoms with E-state index in [0.29, 0.717) is 0 Å². The van der Waals surface area contributed by atoms with E-state index >= 15 is 0 Å². The maximum Gasteiger partial charge on any atom is 0.347 e. The van der Waals surface area contributed by atoms with Crippen LogP contribution in [0.3, 0.4) is 0 Å². The number of carboxylic acids is 1. The highest BCUT2D eigenvalue weighted by Gasteiger charge is 2.14. The molecule has 1 rings (SSSR count). The number of aromatic carboxylic acids is 1. The molecule has 0 fully saturated rings. The molecule has 7 heteroatoms. The van der Waals surface area contributed by atoms with E-state index in [-0.39, 0.29) is 10.0 Å². The van der Waals surface area contributed by atoms with Crippen LogP contribution >= 0.6 is 11.3 Å². The molecule has 0 aliphatic heterocycles. The summed E-state index contributed by atoms with van der Waals surface area (Å²) < 4.78 is 23.9. The lowest BCUT2D eigenvalue weighted by Crippen LogP contribution is -2.23. The molecule has 14 heavy (non-hydrogen) atoms. The van der Waals surface area contributed by atoms with E-state index in [1.54, 1.807) is 0 Å². The zero-order valence-electron chi connectivity index (χ0n) is 7.28. The lowest BCUT2D eigenvalue weighted by Gasteiger charge is -2.13. The summed E-state index contributed by atoms with van der Waals surface area (Å²) in [6.07, 6.45) is -1.30. The second-order valence-corrected chi connectivity index (χ2v) is 3.59. The first kappa shape index (κ1) is 10.8. The highest BCUT2D eigenvalue weighted by atomic mass is 32.1. The summed E-state index contributed by atoms with van der Waals surface area (Å²) in [4.78, 5) is 15.5. The number of hydrogen-bond acceptors (Lipinski definition) is 4. The number of halogens is 2. The Morgan fingerprint density at radius 1 is 1.79 bits per heavy atom. The molecule has 0 saturated heterocycles. The smallest absolute Gasteiger partial charge is 0.347 e. The first-order valence-corrected chi connectivity index (χ1v) is 4.50. The Hall–Kier alpha value is -1.24. The normalized spacial score (nSPS) is 10.6. The van der Waals surface area contributed by atoms with Crippen LogP contribution in [0, 0.1) is 0 Å². The number of anilines is 1. The van der Waals surface area contributed by atoms with Gasteiger partial charge in [-0.05, 0) is 0 Å². The van der Waals surface area contributed by atoms with Gasteiger partial charge in [-0.15, -0.1) is 0 Å². The fourth-order valence-electron chi connectivity index (χ4n) is 0.825. The van der Waals surface area contributed by atoms with E-state index in [1.165, 1.54) is 11.9 Å². The van der Waals surface area contributed by atoms with Crippen molar-refractivity contribution in [2.24, 2.45) is 0 Å². The van der Waals surface area contributed by atoms with Crippen LogP contribution in [-0.4, -0.2) is 36.1 Å². The third-order valence-electron chi connectivity index (χ3n) is 1.44. The van der Waals surface area contributed by atoms with Gasteiger partial charge in [0.05, 0.1) is 12.7 Å². The molecule has 4 nitrogen and oxygen atoms in total. The van der Waals surface area contributed by atoms with Crippen molar-refractivity contribution in [1.82, 2.24) is 4.98 Å². The summed E-state index contributed by atoms with van der Waals surface area (Å²) in [6.45, 7) is -0.452. The van der Waals surface area contributed by atoms with E-state index in [4.69, 9.17) is 5.11 Å². The Morgan fingerprint density at radius 3 is 2.86 bits per heavy atom. The monoisotopic (exact) mass is 222 g/mol. The van der Waals surface area contributed by atoms with Crippen molar-refractivity contribution in [3.8, 4) is 0 Å². The summed E-state index contributed by atoms with van der Waals surface area (Å²) >= 11 is 0.873. The molecular formula is C7H8F2N2O2S. The lowest BCUT2D eigenvalue weighted by molar-refractivity contribution is 0.0702.